The van der Waals surface area contributed by atoms with Crippen LogP contribution in [0.1, 0.15) is 5.56 Å². The molecule has 0 aliphatic rings. The highest BCUT2D eigenvalue weighted by molar-refractivity contribution is 5.96. The Kier molecular flexibility index (Phi) is 4.48. The van der Waals surface area contributed by atoms with Gasteiger partial charge in [0, 0.05) is 19.3 Å². The Bertz CT molecular complexity index is 407. The molecule has 0 bridgehead atoms. The fraction of sp³-hybridized carbons (Fsp3) is 0.417. The molecule has 1 aromatic rings. The van der Waals surface area contributed by atoms with E-state index in [0.29, 0.717) is 5.69 Å². The number of carbonyl (C=O) groups is 1. The Morgan fingerprint density at radius 3 is 2.71 bits per heavy atom. The van der Waals surface area contributed by atoms with Crippen molar-refractivity contribution < 1.29 is 14.6 Å². The van der Waals surface area contributed by atoms with Gasteiger partial charge in [0.2, 0.25) is 0 Å². The molecule has 0 radical (unpaired) electrons. The zero-order chi connectivity index (χ0) is 13.0. The van der Waals surface area contributed by atoms with E-state index in [4.69, 9.17) is 10.5 Å². The van der Waals surface area contributed by atoms with Crippen LogP contribution in [0.5, 0.6) is 5.75 Å². The Labute approximate surface area is 101 Å². The van der Waals surface area contributed by atoms with E-state index in [0.717, 1.165) is 11.3 Å². The number of hydrogen-bond donors (Lipinski definition) is 2. The van der Waals surface area contributed by atoms with E-state index in [1.54, 1.807) is 26.3 Å². The van der Waals surface area contributed by atoms with Gasteiger partial charge in [-0.3, -0.25) is 4.79 Å². The van der Waals surface area contributed by atoms with Crippen LogP contribution in [-0.4, -0.2) is 37.8 Å². The maximum Gasteiger partial charge on any atom is 0.256 e. The van der Waals surface area contributed by atoms with Crippen molar-refractivity contribution in [3.8, 4) is 5.75 Å². The number of nitrogens with two attached hydrogens (primary N) is 1. The van der Waals surface area contributed by atoms with Crippen LogP contribution in [0.4, 0.5) is 5.69 Å². The van der Waals surface area contributed by atoms with Crippen molar-refractivity contribution >= 4 is 11.6 Å². The molecule has 1 atom stereocenters. The molecule has 0 aliphatic carbocycles. The lowest BCUT2D eigenvalue weighted by atomic mass is 10.2. The van der Waals surface area contributed by atoms with Gasteiger partial charge in [0.1, 0.15) is 11.9 Å². The van der Waals surface area contributed by atoms with Gasteiger partial charge in [-0.1, -0.05) is 0 Å². The number of methoxy groups -OCH3 is 1. The van der Waals surface area contributed by atoms with Crippen molar-refractivity contribution in [1.29, 1.82) is 0 Å². The van der Waals surface area contributed by atoms with Crippen LogP contribution in [0, 0.1) is 6.92 Å². The maximum atomic E-state index is 11.7. The third-order valence-electron chi connectivity index (χ3n) is 2.60. The molecule has 1 unspecified atom stereocenters. The van der Waals surface area contributed by atoms with Gasteiger partial charge in [-0.2, -0.15) is 0 Å². The van der Waals surface area contributed by atoms with Gasteiger partial charge in [-0.25, -0.2) is 0 Å². The summed E-state index contributed by atoms with van der Waals surface area (Å²) in [6.45, 7) is 1.80. The van der Waals surface area contributed by atoms with Crippen molar-refractivity contribution in [1.82, 2.24) is 0 Å². The number of nitrogens with zero attached hydrogens (tertiary/aromatic N) is 1. The molecule has 1 aromatic carbocycles. The van der Waals surface area contributed by atoms with E-state index < -0.39 is 12.0 Å². The minimum absolute atomic E-state index is 0.0850. The molecule has 0 heterocycles. The molecule has 0 fully saturated rings. The second-order valence-corrected chi connectivity index (χ2v) is 3.80. The summed E-state index contributed by atoms with van der Waals surface area (Å²) in [6, 6.07) is 5.36. The van der Waals surface area contributed by atoms with Crippen LogP contribution in [-0.2, 0) is 4.79 Å². The Morgan fingerprint density at radius 1 is 1.59 bits per heavy atom. The van der Waals surface area contributed by atoms with Crippen molar-refractivity contribution in [2.24, 2.45) is 5.73 Å². The quantitative estimate of drug-likeness (QED) is 0.790. The van der Waals surface area contributed by atoms with Gasteiger partial charge in [0.05, 0.1) is 7.11 Å². The van der Waals surface area contributed by atoms with E-state index in [1.807, 2.05) is 13.0 Å². The summed E-state index contributed by atoms with van der Waals surface area (Å²) >= 11 is 0. The molecule has 5 nitrogen and oxygen atoms in total. The number of aliphatic hydroxyl groups is 1. The van der Waals surface area contributed by atoms with E-state index in [-0.39, 0.29) is 6.54 Å². The topological polar surface area (TPSA) is 75.8 Å². The van der Waals surface area contributed by atoms with E-state index >= 15 is 0 Å². The van der Waals surface area contributed by atoms with E-state index in [1.165, 1.54) is 4.90 Å². The number of aliphatic hydroxyl groups excluding tert-OH is 1. The predicted octanol–water partition coefficient (Wildman–Crippen LogP) is 0.286. The summed E-state index contributed by atoms with van der Waals surface area (Å²) in [6.07, 6.45) is -1.16. The summed E-state index contributed by atoms with van der Waals surface area (Å²) in [5.41, 5.74) is 6.87. The zero-order valence-corrected chi connectivity index (χ0v) is 10.3. The SMILES string of the molecule is COc1ccc(N(C)C(=O)C(O)CN)cc1C. The first-order valence-corrected chi connectivity index (χ1v) is 5.31. The molecule has 0 saturated heterocycles. The molecule has 3 N–H and O–H groups in total. The molecule has 94 valence electrons. The van der Waals surface area contributed by atoms with Crippen LogP contribution in [0.25, 0.3) is 0 Å². The average Bonchev–Trinajstić information content (AvgIpc) is 2.35. The summed E-state index contributed by atoms with van der Waals surface area (Å²) in [5.74, 6) is 0.339. The zero-order valence-electron chi connectivity index (χ0n) is 10.3. The van der Waals surface area contributed by atoms with Gasteiger partial charge in [-0.05, 0) is 30.7 Å². The van der Waals surface area contributed by atoms with E-state index in [9.17, 15) is 9.90 Å². The second-order valence-electron chi connectivity index (χ2n) is 3.80. The Morgan fingerprint density at radius 2 is 2.24 bits per heavy atom. The van der Waals surface area contributed by atoms with E-state index in [2.05, 4.69) is 0 Å². The smallest absolute Gasteiger partial charge is 0.256 e. The predicted molar refractivity (Wildman–Crippen MR) is 66.2 cm³/mol. The molecule has 0 spiro atoms. The normalized spacial score (nSPS) is 12.1. The summed E-state index contributed by atoms with van der Waals surface area (Å²) in [5, 5.41) is 9.39. The fourth-order valence-corrected chi connectivity index (χ4v) is 1.52. The molecular weight excluding hydrogens is 220 g/mol. The first kappa shape index (κ1) is 13.5. The molecular formula is C12H18N2O3. The average molecular weight is 238 g/mol. The molecule has 1 amide bonds. The van der Waals surface area contributed by atoms with Gasteiger partial charge in [-0.15, -0.1) is 0 Å². The summed E-state index contributed by atoms with van der Waals surface area (Å²) < 4.78 is 5.14. The van der Waals surface area contributed by atoms with Crippen LogP contribution in [0.2, 0.25) is 0 Å². The number of likely N-dealkylation sites (N-methyl/N-ethyl adjacent to an activating group) is 1. The van der Waals surface area contributed by atoms with Crippen LogP contribution in [0.3, 0.4) is 0 Å². The van der Waals surface area contributed by atoms with Crippen LogP contribution < -0.4 is 15.4 Å². The molecule has 17 heavy (non-hydrogen) atoms. The number of aryl methyl sites for hydroxylation is 1. The molecule has 0 aromatic heterocycles. The summed E-state index contributed by atoms with van der Waals surface area (Å²) in [4.78, 5) is 13.1. The molecule has 5 heteroatoms. The van der Waals surface area contributed by atoms with Gasteiger partial charge >= 0.3 is 0 Å². The Balaban J connectivity index is 2.93. The number of hydrogen-bond acceptors (Lipinski definition) is 4. The monoisotopic (exact) mass is 238 g/mol. The Hall–Kier alpha value is -1.59. The van der Waals surface area contributed by atoms with Crippen LogP contribution in [0.15, 0.2) is 18.2 Å². The maximum absolute atomic E-state index is 11.7. The van der Waals surface area contributed by atoms with Gasteiger partial charge in [0.15, 0.2) is 0 Å². The number of ether oxygens (including phenoxy) is 1. The molecule has 1 rings (SSSR count). The van der Waals surface area contributed by atoms with Crippen molar-refractivity contribution in [3.63, 3.8) is 0 Å². The number of anilines is 1. The summed E-state index contributed by atoms with van der Waals surface area (Å²) in [7, 11) is 3.19. The highest BCUT2D eigenvalue weighted by Gasteiger charge is 2.19. The molecule has 0 saturated carbocycles. The van der Waals surface area contributed by atoms with Crippen LogP contribution >= 0.6 is 0 Å². The van der Waals surface area contributed by atoms with Crippen molar-refractivity contribution in [3.05, 3.63) is 23.8 Å². The largest absolute Gasteiger partial charge is 0.496 e. The third-order valence-corrected chi connectivity index (χ3v) is 2.60. The first-order chi connectivity index (χ1) is 8.01. The van der Waals surface area contributed by atoms with Crippen molar-refractivity contribution in [2.75, 3.05) is 25.6 Å². The minimum Gasteiger partial charge on any atom is -0.496 e. The molecule has 0 aliphatic heterocycles. The fourth-order valence-electron chi connectivity index (χ4n) is 1.52. The number of rotatable bonds is 4. The first-order valence-electron chi connectivity index (χ1n) is 5.31. The minimum atomic E-state index is -1.16. The van der Waals surface area contributed by atoms with Crippen molar-refractivity contribution in [2.45, 2.75) is 13.0 Å². The second kappa shape index (κ2) is 5.65. The lowest BCUT2D eigenvalue weighted by Crippen LogP contribution is -2.40. The third kappa shape index (κ3) is 2.95. The standard InChI is InChI=1S/C12H18N2O3/c1-8-6-9(4-5-11(8)17-3)14(2)12(16)10(15)7-13/h4-6,10,15H,7,13H2,1-3H3. The number of carbonyl (C=O) groups excluding carboxylic acids is 1. The highest BCUT2D eigenvalue weighted by Crippen LogP contribution is 2.23. The lowest BCUT2D eigenvalue weighted by Gasteiger charge is -2.21. The highest BCUT2D eigenvalue weighted by atomic mass is 16.5. The van der Waals surface area contributed by atoms with Gasteiger partial charge in [0.25, 0.3) is 5.91 Å². The van der Waals surface area contributed by atoms with Gasteiger partial charge < -0.3 is 20.5 Å². The lowest BCUT2D eigenvalue weighted by molar-refractivity contribution is -0.125. The number of amides is 1. The number of benzene rings is 1.